The first-order valence-electron chi connectivity index (χ1n) is 6.76. The molecule has 0 atom stereocenters. The van der Waals surface area contributed by atoms with E-state index < -0.39 is 0 Å². The van der Waals surface area contributed by atoms with Crippen LogP contribution in [0.1, 0.15) is 5.56 Å². The van der Waals surface area contributed by atoms with Crippen molar-refractivity contribution in [3.63, 3.8) is 0 Å². The molecule has 4 aromatic rings. The van der Waals surface area contributed by atoms with Crippen LogP contribution >= 0.6 is 0 Å². The predicted octanol–water partition coefficient (Wildman–Crippen LogP) is 2.75. The smallest absolute Gasteiger partial charge is 0.262 e. The van der Waals surface area contributed by atoms with Crippen LogP contribution in [-0.2, 0) is 6.42 Å². The van der Waals surface area contributed by atoms with Crippen molar-refractivity contribution in [2.75, 3.05) is 11.9 Å². The first-order valence-corrected chi connectivity index (χ1v) is 6.76. The molecule has 4 rings (SSSR count). The molecule has 0 amide bonds. The third-order valence-electron chi connectivity index (χ3n) is 3.53. The molecule has 0 unspecified atom stereocenters. The minimum Gasteiger partial charge on any atom is -0.369 e. The Morgan fingerprint density at radius 3 is 3.10 bits per heavy atom. The van der Waals surface area contributed by atoms with Gasteiger partial charge in [0.05, 0.1) is 6.20 Å². The zero-order chi connectivity index (χ0) is 14.1. The normalized spacial score (nSPS) is 11.2. The SMILES string of the molecule is c1ccc2c(CCNc3ncnc4oncc34)c[nH]c2c1. The third kappa shape index (κ3) is 2.10. The molecule has 3 heterocycles. The number of benzene rings is 1. The molecule has 0 saturated heterocycles. The van der Waals surface area contributed by atoms with Crippen LogP contribution in [0.2, 0.25) is 0 Å². The van der Waals surface area contributed by atoms with Gasteiger partial charge in [-0.05, 0) is 18.1 Å². The van der Waals surface area contributed by atoms with Gasteiger partial charge in [0, 0.05) is 23.6 Å². The first kappa shape index (κ1) is 11.9. The van der Waals surface area contributed by atoms with Crippen molar-refractivity contribution in [2.45, 2.75) is 6.42 Å². The van der Waals surface area contributed by atoms with Crippen LogP contribution in [0.3, 0.4) is 0 Å². The van der Waals surface area contributed by atoms with E-state index in [0.29, 0.717) is 5.71 Å². The number of H-pyrrole nitrogens is 1. The van der Waals surface area contributed by atoms with Gasteiger partial charge in [-0.15, -0.1) is 0 Å². The van der Waals surface area contributed by atoms with E-state index in [1.807, 2.05) is 6.07 Å². The maximum absolute atomic E-state index is 5.02. The Hall–Kier alpha value is -2.89. The second-order valence-corrected chi connectivity index (χ2v) is 4.80. The molecule has 0 radical (unpaired) electrons. The molecule has 0 bridgehead atoms. The molecule has 6 heteroatoms. The van der Waals surface area contributed by atoms with E-state index in [1.165, 1.54) is 17.3 Å². The second kappa shape index (κ2) is 4.90. The Morgan fingerprint density at radius 2 is 2.10 bits per heavy atom. The summed E-state index contributed by atoms with van der Waals surface area (Å²) in [7, 11) is 0. The lowest BCUT2D eigenvalue weighted by molar-refractivity contribution is 0.448. The van der Waals surface area contributed by atoms with Crippen molar-refractivity contribution >= 4 is 27.8 Å². The molecule has 6 nitrogen and oxygen atoms in total. The van der Waals surface area contributed by atoms with Crippen LogP contribution in [0.15, 0.2) is 47.5 Å². The average molecular weight is 279 g/mol. The molecule has 0 aliphatic heterocycles. The van der Waals surface area contributed by atoms with Gasteiger partial charge in [0.25, 0.3) is 5.71 Å². The summed E-state index contributed by atoms with van der Waals surface area (Å²) in [6.07, 6.45) is 6.06. The van der Waals surface area contributed by atoms with E-state index in [9.17, 15) is 0 Å². The maximum Gasteiger partial charge on any atom is 0.262 e. The standard InChI is InChI=1S/C15H13N5O/c1-2-4-13-11(3-1)10(7-17-13)5-6-16-14-12-8-20-21-15(12)19-9-18-14/h1-4,7-9,17H,5-6H2,(H,16,18,19). The van der Waals surface area contributed by atoms with E-state index in [0.717, 1.165) is 29.7 Å². The lowest BCUT2D eigenvalue weighted by Crippen LogP contribution is -2.06. The Morgan fingerprint density at radius 1 is 1.14 bits per heavy atom. The van der Waals surface area contributed by atoms with Gasteiger partial charge in [-0.1, -0.05) is 23.4 Å². The predicted molar refractivity (Wildman–Crippen MR) is 80.1 cm³/mol. The highest BCUT2D eigenvalue weighted by Gasteiger charge is 2.07. The Labute approximate surface area is 120 Å². The monoisotopic (exact) mass is 279 g/mol. The van der Waals surface area contributed by atoms with Crippen molar-refractivity contribution in [1.29, 1.82) is 0 Å². The van der Waals surface area contributed by atoms with Crippen LogP contribution in [0.5, 0.6) is 0 Å². The highest BCUT2D eigenvalue weighted by atomic mass is 16.5. The molecule has 0 saturated carbocycles. The molecule has 0 aliphatic carbocycles. The first-order chi connectivity index (χ1) is 10.4. The van der Waals surface area contributed by atoms with E-state index in [1.54, 1.807) is 6.20 Å². The lowest BCUT2D eigenvalue weighted by Gasteiger charge is -2.05. The quantitative estimate of drug-likeness (QED) is 0.600. The number of aromatic amines is 1. The molecule has 3 aromatic heterocycles. The van der Waals surface area contributed by atoms with Gasteiger partial charge in [0.1, 0.15) is 17.5 Å². The molecule has 1 aromatic carbocycles. The lowest BCUT2D eigenvalue weighted by atomic mass is 10.1. The number of hydrogen-bond acceptors (Lipinski definition) is 5. The summed E-state index contributed by atoms with van der Waals surface area (Å²) in [5, 5.41) is 9.11. The minimum atomic E-state index is 0.500. The highest BCUT2D eigenvalue weighted by Crippen LogP contribution is 2.20. The average Bonchev–Trinajstić information content (AvgIpc) is 3.15. The van der Waals surface area contributed by atoms with Crippen LogP contribution in [-0.4, -0.2) is 26.7 Å². The number of rotatable bonds is 4. The summed E-state index contributed by atoms with van der Waals surface area (Å²) in [6, 6.07) is 8.30. The number of hydrogen-bond donors (Lipinski definition) is 2. The zero-order valence-corrected chi connectivity index (χ0v) is 11.2. The fourth-order valence-electron chi connectivity index (χ4n) is 2.49. The third-order valence-corrected chi connectivity index (χ3v) is 3.53. The van der Waals surface area contributed by atoms with Gasteiger partial charge in [0.15, 0.2) is 0 Å². The summed E-state index contributed by atoms with van der Waals surface area (Å²) < 4.78 is 5.02. The van der Waals surface area contributed by atoms with Crippen LogP contribution in [0, 0.1) is 0 Å². The highest BCUT2D eigenvalue weighted by molar-refractivity contribution is 5.84. The van der Waals surface area contributed by atoms with Gasteiger partial charge in [-0.2, -0.15) is 4.98 Å². The van der Waals surface area contributed by atoms with Gasteiger partial charge in [-0.3, -0.25) is 0 Å². The molecule has 0 spiro atoms. The van der Waals surface area contributed by atoms with Crippen LogP contribution in [0.4, 0.5) is 5.82 Å². The van der Waals surface area contributed by atoms with E-state index >= 15 is 0 Å². The summed E-state index contributed by atoms with van der Waals surface area (Å²) in [6.45, 7) is 0.777. The van der Waals surface area contributed by atoms with Crippen LogP contribution in [0.25, 0.3) is 22.0 Å². The van der Waals surface area contributed by atoms with E-state index in [4.69, 9.17) is 4.52 Å². The number of para-hydroxylation sites is 1. The summed E-state index contributed by atoms with van der Waals surface area (Å²) in [5.41, 5.74) is 2.95. The van der Waals surface area contributed by atoms with E-state index in [2.05, 4.69) is 49.8 Å². The fourth-order valence-corrected chi connectivity index (χ4v) is 2.49. The number of aromatic nitrogens is 4. The second-order valence-electron chi connectivity index (χ2n) is 4.80. The Bertz CT molecular complexity index is 895. The number of fused-ring (bicyclic) bond motifs is 2. The minimum absolute atomic E-state index is 0.500. The number of anilines is 1. The van der Waals surface area contributed by atoms with E-state index in [-0.39, 0.29) is 0 Å². The molecule has 21 heavy (non-hydrogen) atoms. The molecule has 0 aliphatic rings. The Kier molecular flexibility index (Phi) is 2.77. The van der Waals surface area contributed by atoms with Crippen LogP contribution < -0.4 is 5.32 Å². The summed E-state index contributed by atoms with van der Waals surface area (Å²) in [5.74, 6) is 0.751. The number of nitrogens with zero attached hydrogens (tertiary/aromatic N) is 3. The topological polar surface area (TPSA) is 79.6 Å². The summed E-state index contributed by atoms with van der Waals surface area (Å²) >= 11 is 0. The maximum atomic E-state index is 5.02. The molecule has 0 fully saturated rings. The summed E-state index contributed by atoms with van der Waals surface area (Å²) in [4.78, 5) is 11.5. The van der Waals surface area contributed by atoms with Crippen molar-refractivity contribution in [3.05, 3.63) is 48.5 Å². The van der Waals surface area contributed by atoms with Gasteiger partial charge < -0.3 is 14.8 Å². The molecular weight excluding hydrogens is 266 g/mol. The van der Waals surface area contributed by atoms with Gasteiger partial charge in [0.2, 0.25) is 0 Å². The van der Waals surface area contributed by atoms with Crippen molar-refractivity contribution < 1.29 is 4.52 Å². The van der Waals surface area contributed by atoms with Crippen molar-refractivity contribution in [3.8, 4) is 0 Å². The molecule has 2 N–H and O–H groups in total. The molecular formula is C15H13N5O. The largest absolute Gasteiger partial charge is 0.369 e. The van der Waals surface area contributed by atoms with Gasteiger partial charge >= 0.3 is 0 Å². The van der Waals surface area contributed by atoms with Crippen molar-refractivity contribution in [2.24, 2.45) is 0 Å². The van der Waals surface area contributed by atoms with Crippen molar-refractivity contribution in [1.82, 2.24) is 20.1 Å². The number of nitrogens with one attached hydrogen (secondary N) is 2. The Balaban J connectivity index is 1.51. The van der Waals surface area contributed by atoms with Gasteiger partial charge in [-0.25, -0.2) is 4.98 Å². The molecule has 104 valence electrons. The zero-order valence-electron chi connectivity index (χ0n) is 11.2. The fraction of sp³-hybridized carbons (Fsp3) is 0.133.